The summed E-state index contributed by atoms with van der Waals surface area (Å²) in [6, 6.07) is 8.00. The van der Waals surface area contributed by atoms with Crippen LogP contribution in [-0.2, 0) is 6.54 Å². The van der Waals surface area contributed by atoms with Gasteiger partial charge in [0.2, 0.25) is 0 Å². The van der Waals surface area contributed by atoms with Gasteiger partial charge in [-0.25, -0.2) is 8.78 Å². The molecule has 1 saturated heterocycles. The first-order chi connectivity index (χ1) is 13.9. The van der Waals surface area contributed by atoms with Crippen LogP contribution in [0.25, 0.3) is 10.9 Å². The normalized spacial score (nSPS) is 14.4. The van der Waals surface area contributed by atoms with Gasteiger partial charge >= 0.3 is 0 Å². The van der Waals surface area contributed by atoms with E-state index in [0.717, 1.165) is 31.4 Å². The molecule has 3 aromatic rings. The fraction of sp³-hybridized carbons (Fsp3) is 0.273. The Hall–Kier alpha value is -2.73. The highest BCUT2D eigenvalue weighted by Crippen LogP contribution is 2.27. The number of carbonyl (C=O) groups excluding carboxylic acids is 2. The molecule has 150 valence electrons. The van der Waals surface area contributed by atoms with Gasteiger partial charge in [-0.3, -0.25) is 9.59 Å². The Balaban J connectivity index is 1.71. The van der Waals surface area contributed by atoms with E-state index in [1.54, 1.807) is 29.0 Å². The highest BCUT2D eigenvalue weighted by molar-refractivity contribution is 6.31. The molecule has 0 saturated carbocycles. The zero-order chi connectivity index (χ0) is 20.5. The van der Waals surface area contributed by atoms with Crippen LogP contribution >= 0.6 is 11.6 Å². The van der Waals surface area contributed by atoms with Crippen molar-refractivity contribution in [2.75, 3.05) is 13.1 Å². The van der Waals surface area contributed by atoms with Crippen molar-refractivity contribution in [2.45, 2.75) is 25.8 Å². The van der Waals surface area contributed by atoms with Crippen molar-refractivity contribution in [3.05, 3.63) is 70.4 Å². The summed E-state index contributed by atoms with van der Waals surface area (Å²) in [5.41, 5.74) is 0.916. The molecule has 0 aliphatic carbocycles. The van der Waals surface area contributed by atoms with Crippen molar-refractivity contribution in [3.8, 4) is 0 Å². The van der Waals surface area contributed by atoms with Gasteiger partial charge in [-0.2, -0.15) is 0 Å². The Kier molecular flexibility index (Phi) is 5.37. The van der Waals surface area contributed by atoms with Crippen LogP contribution in [0.15, 0.2) is 42.6 Å². The highest BCUT2D eigenvalue weighted by Gasteiger charge is 2.23. The molecule has 4 nitrogen and oxygen atoms in total. The number of likely N-dealkylation sites (tertiary alicyclic amines) is 1. The summed E-state index contributed by atoms with van der Waals surface area (Å²) in [6.45, 7) is 1.23. The summed E-state index contributed by atoms with van der Waals surface area (Å²) in [6.07, 6.45) is 4.67. The third-order valence-corrected chi connectivity index (χ3v) is 5.50. The molecule has 0 bridgehead atoms. The van der Waals surface area contributed by atoms with Gasteiger partial charge in [0, 0.05) is 35.8 Å². The van der Waals surface area contributed by atoms with E-state index >= 15 is 0 Å². The average Bonchev–Trinajstić information content (AvgIpc) is 3.05. The molecule has 0 N–H and O–H groups in total. The summed E-state index contributed by atoms with van der Waals surface area (Å²) < 4.78 is 28.8. The minimum atomic E-state index is -0.908. The maximum Gasteiger partial charge on any atom is 0.256 e. The van der Waals surface area contributed by atoms with Crippen LogP contribution in [-0.4, -0.2) is 34.2 Å². The van der Waals surface area contributed by atoms with Crippen molar-refractivity contribution in [1.82, 2.24) is 9.47 Å². The number of aromatic nitrogens is 1. The lowest BCUT2D eigenvalue weighted by atomic mass is 10.1. The predicted molar refractivity (Wildman–Crippen MR) is 107 cm³/mol. The number of nitrogens with zero attached hydrogens (tertiary/aromatic N) is 2. The molecule has 1 amide bonds. The molecule has 1 fully saturated rings. The zero-order valence-electron chi connectivity index (χ0n) is 15.6. The van der Waals surface area contributed by atoms with E-state index < -0.39 is 17.4 Å². The number of hydrogen-bond donors (Lipinski definition) is 0. The smallest absolute Gasteiger partial charge is 0.256 e. The van der Waals surface area contributed by atoms with Crippen molar-refractivity contribution >= 4 is 34.2 Å². The fourth-order valence-corrected chi connectivity index (χ4v) is 3.96. The zero-order valence-corrected chi connectivity index (χ0v) is 16.4. The molecule has 0 unspecified atom stereocenters. The van der Waals surface area contributed by atoms with Crippen LogP contribution in [0, 0.1) is 11.6 Å². The minimum Gasteiger partial charge on any atom is -0.339 e. The third-order valence-electron chi connectivity index (χ3n) is 5.26. The molecule has 1 aromatic heterocycles. The molecule has 0 radical (unpaired) electrons. The van der Waals surface area contributed by atoms with Crippen molar-refractivity contribution in [1.29, 1.82) is 0 Å². The van der Waals surface area contributed by atoms with Gasteiger partial charge in [-0.05, 0) is 43.5 Å². The minimum absolute atomic E-state index is 0.0869. The second-order valence-corrected chi connectivity index (χ2v) is 7.67. The molecular weight excluding hydrogens is 398 g/mol. The molecule has 4 rings (SSSR count). The highest BCUT2D eigenvalue weighted by atomic mass is 35.5. The Labute approximate surface area is 171 Å². The van der Waals surface area contributed by atoms with Gasteiger partial charge in [0.15, 0.2) is 5.78 Å². The molecule has 29 heavy (non-hydrogen) atoms. The van der Waals surface area contributed by atoms with Crippen LogP contribution in [0.3, 0.4) is 0 Å². The van der Waals surface area contributed by atoms with E-state index in [1.807, 2.05) is 4.90 Å². The van der Waals surface area contributed by atoms with Gasteiger partial charge < -0.3 is 9.47 Å². The molecule has 1 aliphatic rings. The van der Waals surface area contributed by atoms with Crippen LogP contribution in [0.1, 0.15) is 40.0 Å². The second kappa shape index (κ2) is 7.95. The van der Waals surface area contributed by atoms with Crippen LogP contribution in [0.4, 0.5) is 8.78 Å². The first kappa shape index (κ1) is 19.6. The Morgan fingerprint density at radius 3 is 2.45 bits per heavy atom. The molecular formula is C22H19ClF2N2O2. The second-order valence-electron chi connectivity index (χ2n) is 7.23. The Morgan fingerprint density at radius 1 is 0.966 bits per heavy atom. The number of piperidine rings is 1. The molecule has 0 atom stereocenters. The molecule has 2 heterocycles. The van der Waals surface area contributed by atoms with Crippen LogP contribution in [0.2, 0.25) is 5.02 Å². The van der Waals surface area contributed by atoms with Crippen molar-refractivity contribution in [3.63, 3.8) is 0 Å². The van der Waals surface area contributed by atoms with Gasteiger partial charge in [-0.15, -0.1) is 0 Å². The van der Waals surface area contributed by atoms with Crippen molar-refractivity contribution < 1.29 is 18.4 Å². The van der Waals surface area contributed by atoms with E-state index in [4.69, 9.17) is 11.6 Å². The SMILES string of the molecule is O=C(Cn1cc(C(=O)N2CCCCC2)c2ccc(Cl)cc21)c1ccc(F)cc1F. The number of fused-ring (bicyclic) bond motifs is 1. The van der Waals surface area contributed by atoms with Crippen LogP contribution in [0.5, 0.6) is 0 Å². The standard InChI is InChI=1S/C22H19ClF2N2O2/c23-14-4-6-16-18(22(29)26-8-2-1-3-9-26)12-27(20(16)10-14)13-21(28)17-7-5-15(24)11-19(17)25/h4-7,10-12H,1-3,8-9,13H2. The number of carbonyl (C=O) groups is 2. The number of ketones is 1. The molecule has 7 heteroatoms. The number of rotatable bonds is 4. The summed E-state index contributed by atoms with van der Waals surface area (Å²) in [7, 11) is 0. The van der Waals surface area contributed by atoms with E-state index in [2.05, 4.69) is 0 Å². The molecule has 0 spiro atoms. The fourth-order valence-electron chi connectivity index (χ4n) is 3.79. The van der Waals surface area contributed by atoms with E-state index in [0.29, 0.717) is 40.6 Å². The lowest BCUT2D eigenvalue weighted by Gasteiger charge is -2.26. The number of amides is 1. The lowest BCUT2D eigenvalue weighted by Crippen LogP contribution is -2.35. The summed E-state index contributed by atoms with van der Waals surface area (Å²) in [4.78, 5) is 27.5. The largest absolute Gasteiger partial charge is 0.339 e. The lowest BCUT2D eigenvalue weighted by molar-refractivity contribution is 0.0725. The number of hydrogen-bond acceptors (Lipinski definition) is 2. The molecule has 1 aliphatic heterocycles. The topological polar surface area (TPSA) is 42.3 Å². The first-order valence-corrected chi connectivity index (χ1v) is 9.88. The summed E-state index contributed by atoms with van der Waals surface area (Å²) in [5.74, 6) is -2.26. The Morgan fingerprint density at radius 2 is 1.72 bits per heavy atom. The molecule has 2 aromatic carbocycles. The van der Waals surface area contributed by atoms with Gasteiger partial charge in [0.25, 0.3) is 5.91 Å². The van der Waals surface area contributed by atoms with Gasteiger partial charge in [-0.1, -0.05) is 17.7 Å². The quantitative estimate of drug-likeness (QED) is 0.556. The van der Waals surface area contributed by atoms with E-state index in [9.17, 15) is 18.4 Å². The van der Waals surface area contributed by atoms with E-state index in [1.165, 1.54) is 0 Å². The number of Topliss-reactive ketones (excluding diaryl/α,β-unsaturated/α-hetero) is 1. The predicted octanol–water partition coefficient (Wildman–Crippen LogP) is 5.08. The summed E-state index contributed by atoms with van der Waals surface area (Å²) >= 11 is 6.13. The van der Waals surface area contributed by atoms with Crippen molar-refractivity contribution in [2.24, 2.45) is 0 Å². The van der Waals surface area contributed by atoms with E-state index in [-0.39, 0.29) is 18.0 Å². The average molecular weight is 417 g/mol. The van der Waals surface area contributed by atoms with Crippen LogP contribution < -0.4 is 0 Å². The third kappa shape index (κ3) is 3.90. The van der Waals surface area contributed by atoms with Gasteiger partial charge in [0.1, 0.15) is 11.6 Å². The maximum atomic E-state index is 14.0. The Bertz CT molecular complexity index is 1100. The monoisotopic (exact) mass is 416 g/mol. The summed E-state index contributed by atoms with van der Waals surface area (Å²) in [5, 5.41) is 1.16. The van der Waals surface area contributed by atoms with Gasteiger partial charge in [0.05, 0.1) is 23.2 Å². The number of benzene rings is 2. The number of halogens is 3. The maximum absolute atomic E-state index is 14.0. The first-order valence-electron chi connectivity index (χ1n) is 9.50.